The monoisotopic (exact) mass is 544 g/mol. The van der Waals surface area contributed by atoms with Crippen molar-refractivity contribution in [1.82, 2.24) is 15.2 Å². The van der Waals surface area contributed by atoms with E-state index in [-0.39, 0.29) is 41.7 Å². The highest BCUT2D eigenvalue weighted by molar-refractivity contribution is 14.0. The number of nitrogens with one attached hydrogen (secondary N) is 1. The number of ether oxygens (including phenoxy) is 1. The molecule has 1 saturated heterocycles. The molecule has 2 heterocycles. The van der Waals surface area contributed by atoms with Gasteiger partial charge >= 0.3 is 5.97 Å². The maximum absolute atomic E-state index is 13.1. The zero-order valence-corrected chi connectivity index (χ0v) is 20.3. The highest BCUT2D eigenvalue weighted by Gasteiger charge is 2.28. The minimum Gasteiger partial charge on any atom is -0.466 e. The van der Waals surface area contributed by atoms with E-state index in [1.165, 1.54) is 12.1 Å². The Morgan fingerprint density at radius 3 is 2.84 bits per heavy atom. The number of carbonyl (C=O) groups is 1. The highest BCUT2D eigenvalue weighted by Crippen LogP contribution is 2.20. The molecule has 1 aromatic carbocycles. The van der Waals surface area contributed by atoms with E-state index in [1.54, 1.807) is 18.4 Å². The second-order valence-electron chi connectivity index (χ2n) is 7.17. The van der Waals surface area contributed by atoms with Gasteiger partial charge in [0.05, 0.1) is 18.2 Å². The van der Waals surface area contributed by atoms with E-state index >= 15 is 0 Å². The van der Waals surface area contributed by atoms with Crippen LogP contribution in [0.15, 0.2) is 39.9 Å². The van der Waals surface area contributed by atoms with Gasteiger partial charge in [-0.2, -0.15) is 0 Å². The number of carbonyl (C=O) groups excluding carboxylic acids is 1. The second-order valence-corrected chi connectivity index (χ2v) is 7.17. The lowest BCUT2D eigenvalue weighted by molar-refractivity contribution is -0.149. The van der Waals surface area contributed by atoms with Gasteiger partial charge in [-0.3, -0.25) is 9.79 Å². The van der Waals surface area contributed by atoms with Crippen molar-refractivity contribution >= 4 is 35.9 Å². The number of piperidine rings is 1. The van der Waals surface area contributed by atoms with E-state index in [2.05, 4.69) is 15.2 Å². The first kappa shape index (κ1) is 25.1. The van der Waals surface area contributed by atoms with Crippen LogP contribution in [0.1, 0.15) is 32.4 Å². The maximum atomic E-state index is 13.1. The van der Waals surface area contributed by atoms with E-state index in [1.807, 2.05) is 13.8 Å². The first-order valence-corrected chi connectivity index (χ1v) is 10.5. The third-order valence-electron chi connectivity index (χ3n) is 4.95. The van der Waals surface area contributed by atoms with Crippen molar-refractivity contribution in [2.45, 2.75) is 33.1 Å². The summed E-state index contributed by atoms with van der Waals surface area (Å²) in [6.45, 7) is 7.02. The van der Waals surface area contributed by atoms with Crippen LogP contribution in [0.4, 0.5) is 4.39 Å². The molecule has 0 amide bonds. The van der Waals surface area contributed by atoms with Crippen LogP contribution in [-0.4, -0.2) is 54.6 Å². The molecule has 0 bridgehead atoms. The summed E-state index contributed by atoms with van der Waals surface area (Å²) in [5.74, 6) is 0.729. The lowest BCUT2D eigenvalue weighted by atomic mass is 9.98. The summed E-state index contributed by atoms with van der Waals surface area (Å²) in [6, 6.07) is 6.05. The Bertz CT molecular complexity index is 857. The van der Waals surface area contributed by atoms with Crippen LogP contribution >= 0.6 is 24.0 Å². The van der Waals surface area contributed by atoms with Gasteiger partial charge in [0.2, 0.25) is 5.89 Å². The summed E-state index contributed by atoms with van der Waals surface area (Å²) in [4.78, 5) is 23.4. The summed E-state index contributed by atoms with van der Waals surface area (Å²) in [6.07, 6.45) is 4.01. The smallest absolute Gasteiger partial charge is 0.310 e. The first-order valence-electron chi connectivity index (χ1n) is 10.5. The molecule has 3 rings (SSSR count). The minimum atomic E-state index is -0.293. The van der Waals surface area contributed by atoms with Crippen LogP contribution in [0, 0.1) is 11.7 Å². The van der Waals surface area contributed by atoms with Gasteiger partial charge in [-0.15, -0.1) is 24.0 Å². The van der Waals surface area contributed by atoms with Crippen LogP contribution in [0.25, 0.3) is 11.5 Å². The largest absolute Gasteiger partial charge is 0.466 e. The molecule has 0 aliphatic carbocycles. The molecule has 1 N–H and O–H groups in total. The number of rotatable bonds is 7. The van der Waals surface area contributed by atoms with Gasteiger partial charge in [0.15, 0.2) is 5.96 Å². The van der Waals surface area contributed by atoms with Gasteiger partial charge < -0.3 is 19.4 Å². The molecule has 7 nitrogen and oxygen atoms in total. The van der Waals surface area contributed by atoms with Crippen LogP contribution in [-0.2, 0) is 16.0 Å². The summed E-state index contributed by atoms with van der Waals surface area (Å²) < 4.78 is 23.8. The van der Waals surface area contributed by atoms with Gasteiger partial charge in [-0.1, -0.05) is 0 Å². The normalized spacial score (nSPS) is 16.5. The van der Waals surface area contributed by atoms with Crippen molar-refractivity contribution in [1.29, 1.82) is 0 Å². The third kappa shape index (κ3) is 7.19. The quantitative estimate of drug-likeness (QED) is 0.247. The molecular formula is C22H30FIN4O3. The van der Waals surface area contributed by atoms with E-state index in [0.29, 0.717) is 32.0 Å². The zero-order chi connectivity index (χ0) is 21.3. The van der Waals surface area contributed by atoms with E-state index < -0.39 is 0 Å². The lowest BCUT2D eigenvalue weighted by Crippen LogP contribution is -2.48. The highest BCUT2D eigenvalue weighted by atomic mass is 127. The zero-order valence-electron chi connectivity index (χ0n) is 18.0. The Labute approximate surface area is 199 Å². The van der Waals surface area contributed by atoms with Crippen molar-refractivity contribution < 1.29 is 18.3 Å². The van der Waals surface area contributed by atoms with Crippen LogP contribution in [0.3, 0.4) is 0 Å². The Hall–Kier alpha value is -2.17. The molecule has 0 spiro atoms. The molecule has 0 saturated carbocycles. The standard InChI is InChI=1S/C22H29FN4O3.HI/c1-3-24-22(27-13-5-6-17(14-27)21(28)29-4-2)25-12-11-19-15-30-20(26-19)16-7-9-18(23)10-8-16;/h7-10,15,17H,3-6,11-14H2,1-2H3,(H,24,25);1H. The van der Waals surface area contributed by atoms with Crippen LogP contribution in [0.2, 0.25) is 0 Å². The average Bonchev–Trinajstić information content (AvgIpc) is 3.23. The van der Waals surface area contributed by atoms with Gasteiger partial charge in [0, 0.05) is 38.2 Å². The molecule has 1 aromatic heterocycles. The number of aromatic nitrogens is 1. The number of esters is 1. The second kappa shape index (κ2) is 12.6. The summed E-state index contributed by atoms with van der Waals surface area (Å²) in [5, 5.41) is 3.31. The van der Waals surface area contributed by atoms with Crippen molar-refractivity contribution in [3.63, 3.8) is 0 Å². The molecule has 1 atom stereocenters. The number of aliphatic imine (C=N–C) groups is 1. The SMILES string of the molecule is CCNC(=NCCc1coc(-c2ccc(F)cc2)n1)N1CCCC(C(=O)OCC)C1.I. The van der Waals surface area contributed by atoms with Crippen molar-refractivity contribution in [2.75, 3.05) is 32.8 Å². The molecule has 31 heavy (non-hydrogen) atoms. The number of nitrogens with zero attached hydrogens (tertiary/aromatic N) is 3. The lowest BCUT2D eigenvalue weighted by Gasteiger charge is -2.34. The van der Waals surface area contributed by atoms with Gasteiger partial charge in [-0.05, 0) is 51.0 Å². The van der Waals surface area contributed by atoms with E-state index in [9.17, 15) is 9.18 Å². The topological polar surface area (TPSA) is 80.0 Å². The van der Waals surface area contributed by atoms with Crippen LogP contribution in [0.5, 0.6) is 0 Å². The summed E-state index contributed by atoms with van der Waals surface area (Å²) in [5.41, 5.74) is 1.52. The molecule has 1 fully saturated rings. The molecule has 1 unspecified atom stereocenters. The number of guanidine groups is 1. The predicted molar refractivity (Wildman–Crippen MR) is 128 cm³/mol. The number of benzene rings is 1. The molecule has 1 aliphatic rings. The van der Waals surface area contributed by atoms with E-state index in [4.69, 9.17) is 14.1 Å². The third-order valence-corrected chi connectivity index (χ3v) is 4.95. The molecule has 0 radical (unpaired) electrons. The molecule has 9 heteroatoms. The number of likely N-dealkylation sites (tertiary alicyclic amines) is 1. The Morgan fingerprint density at radius 2 is 2.13 bits per heavy atom. The fourth-order valence-electron chi connectivity index (χ4n) is 3.47. The molecule has 170 valence electrons. The van der Waals surface area contributed by atoms with E-state index in [0.717, 1.165) is 43.1 Å². The first-order chi connectivity index (χ1) is 14.6. The Kier molecular flexibility index (Phi) is 10.2. The minimum absolute atomic E-state index is 0. The number of hydrogen-bond donors (Lipinski definition) is 1. The van der Waals surface area contributed by atoms with Gasteiger partial charge in [-0.25, -0.2) is 9.37 Å². The Balaban J connectivity index is 0.00000341. The molecular weight excluding hydrogens is 514 g/mol. The van der Waals surface area contributed by atoms with Crippen molar-refractivity contribution in [3.05, 3.63) is 42.0 Å². The van der Waals surface area contributed by atoms with Crippen molar-refractivity contribution in [2.24, 2.45) is 10.9 Å². The molecule has 2 aromatic rings. The van der Waals surface area contributed by atoms with Crippen molar-refractivity contribution in [3.8, 4) is 11.5 Å². The summed E-state index contributed by atoms with van der Waals surface area (Å²) >= 11 is 0. The fraction of sp³-hybridized carbons (Fsp3) is 0.500. The maximum Gasteiger partial charge on any atom is 0.310 e. The van der Waals surface area contributed by atoms with Gasteiger partial charge in [0.25, 0.3) is 0 Å². The summed E-state index contributed by atoms with van der Waals surface area (Å²) in [7, 11) is 0. The Morgan fingerprint density at radius 1 is 1.35 bits per heavy atom. The van der Waals surface area contributed by atoms with Gasteiger partial charge in [0.1, 0.15) is 12.1 Å². The average molecular weight is 544 g/mol. The molecule has 1 aliphatic heterocycles. The van der Waals surface area contributed by atoms with Crippen LogP contribution < -0.4 is 5.32 Å². The number of halogens is 2. The predicted octanol–water partition coefficient (Wildman–Crippen LogP) is 3.88. The fourth-order valence-corrected chi connectivity index (χ4v) is 3.47. The number of hydrogen-bond acceptors (Lipinski definition) is 5. The number of oxazole rings is 1.